The van der Waals surface area contributed by atoms with Crippen molar-refractivity contribution in [1.82, 2.24) is 10.3 Å². The van der Waals surface area contributed by atoms with Crippen molar-refractivity contribution in [3.8, 4) is 0 Å². The number of para-hydroxylation sites is 1. The van der Waals surface area contributed by atoms with Gasteiger partial charge in [0.25, 0.3) is 5.91 Å². The lowest BCUT2D eigenvalue weighted by Gasteiger charge is -2.26. The molecular weight excluding hydrogens is 306 g/mol. The van der Waals surface area contributed by atoms with Crippen molar-refractivity contribution in [1.29, 1.82) is 0 Å². The van der Waals surface area contributed by atoms with Gasteiger partial charge in [0.05, 0.1) is 17.7 Å². The van der Waals surface area contributed by atoms with Crippen LogP contribution in [0.5, 0.6) is 0 Å². The van der Waals surface area contributed by atoms with Gasteiger partial charge in [0.2, 0.25) is 5.91 Å². The number of pyridine rings is 1. The number of amides is 2. The Morgan fingerprint density at radius 1 is 1.38 bits per heavy atom. The minimum absolute atomic E-state index is 0.00652. The van der Waals surface area contributed by atoms with E-state index in [1.807, 2.05) is 30.3 Å². The highest BCUT2D eigenvalue weighted by molar-refractivity contribution is 6.08. The summed E-state index contributed by atoms with van der Waals surface area (Å²) in [6.45, 7) is 1.56. The van der Waals surface area contributed by atoms with E-state index in [0.717, 1.165) is 29.4 Å². The molecule has 0 bridgehead atoms. The maximum absolute atomic E-state index is 12.8. The second-order valence-electron chi connectivity index (χ2n) is 6.47. The molecule has 6 heteroatoms. The van der Waals surface area contributed by atoms with E-state index in [4.69, 9.17) is 10.5 Å². The van der Waals surface area contributed by atoms with Crippen LogP contribution in [0.4, 0.5) is 0 Å². The molecule has 1 aliphatic carbocycles. The summed E-state index contributed by atoms with van der Waals surface area (Å²) >= 11 is 0. The Bertz CT molecular complexity index is 801. The minimum Gasteiger partial charge on any atom is -0.382 e. The summed E-state index contributed by atoms with van der Waals surface area (Å²) in [5.41, 5.74) is 6.38. The van der Waals surface area contributed by atoms with Crippen LogP contribution in [0.15, 0.2) is 30.3 Å². The van der Waals surface area contributed by atoms with Gasteiger partial charge < -0.3 is 15.8 Å². The zero-order valence-electron chi connectivity index (χ0n) is 13.8. The third-order valence-corrected chi connectivity index (χ3v) is 4.34. The summed E-state index contributed by atoms with van der Waals surface area (Å²) < 4.78 is 5.04. The van der Waals surface area contributed by atoms with E-state index in [9.17, 15) is 9.59 Å². The molecule has 0 aliphatic heterocycles. The van der Waals surface area contributed by atoms with Gasteiger partial charge in [-0.15, -0.1) is 0 Å². The van der Waals surface area contributed by atoms with Crippen molar-refractivity contribution in [2.24, 2.45) is 5.73 Å². The van der Waals surface area contributed by atoms with Crippen LogP contribution in [-0.2, 0) is 9.53 Å². The monoisotopic (exact) mass is 327 g/mol. The molecule has 126 valence electrons. The number of hydrogen-bond donors (Lipinski definition) is 2. The Morgan fingerprint density at radius 3 is 2.71 bits per heavy atom. The first-order valence-corrected chi connectivity index (χ1v) is 7.95. The third-order valence-electron chi connectivity index (χ3n) is 4.34. The smallest absolute Gasteiger partial charge is 0.252 e. The summed E-state index contributed by atoms with van der Waals surface area (Å²) in [6.07, 6.45) is 2.18. The van der Waals surface area contributed by atoms with Crippen molar-refractivity contribution >= 4 is 22.7 Å². The molecule has 1 aromatic heterocycles. The highest BCUT2D eigenvalue weighted by Crippen LogP contribution is 2.40. The van der Waals surface area contributed by atoms with Crippen LogP contribution in [-0.4, -0.2) is 36.1 Å². The number of nitrogens with one attached hydrogen (secondary N) is 1. The molecule has 2 aromatic rings. The molecule has 1 saturated carbocycles. The van der Waals surface area contributed by atoms with Crippen LogP contribution in [0.2, 0.25) is 0 Å². The van der Waals surface area contributed by atoms with Crippen molar-refractivity contribution in [2.75, 3.05) is 13.7 Å². The number of methoxy groups -OCH3 is 1. The molecule has 0 unspecified atom stereocenters. The Hall–Kier alpha value is -2.47. The number of aromatic nitrogens is 1. The van der Waals surface area contributed by atoms with Crippen LogP contribution in [0.3, 0.4) is 0 Å². The Balaban J connectivity index is 2.01. The largest absolute Gasteiger partial charge is 0.382 e. The number of nitrogens with two attached hydrogens (primary N) is 1. The van der Waals surface area contributed by atoms with E-state index in [2.05, 4.69) is 10.3 Å². The number of ether oxygens (including phenoxy) is 1. The fourth-order valence-electron chi connectivity index (χ4n) is 2.75. The molecule has 0 spiro atoms. The minimum atomic E-state index is -1.27. The molecule has 1 heterocycles. The molecule has 1 aromatic carbocycles. The van der Waals surface area contributed by atoms with E-state index < -0.39 is 11.4 Å². The van der Waals surface area contributed by atoms with Gasteiger partial charge in [-0.05, 0) is 31.9 Å². The Kier molecular flexibility index (Phi) is 4.24. The van der Waals surface area contributed by atoms with Gasteiger partial charge in [-0.1, -0.05) is 18.2 Å². The van der Waals surface area contributed by atoms with Gasteiger partial charge in [-0.3, -0.25) is 14.6 Å². The third kappa shape index (κ3) is 3.10. The van der Waals surface area contributed by atoms with Crippen molar-refractivity contribution in [3.05, 3.63) is 41.6 Å². The Morgan fingerprint density at radius 2 is 2.08 bits per heavy atom. The van der Waals surface area contributed by atoms with Gasteiger partial charge >= 0.3 is 0 Å². The number of benzene rings is 1. The molecule has 1 fully saturated rings. The van der Waals surface area contributed by atoms with Gasteiger partial charge in [0, 0.05) is 24.1 Å². The zero-order chi connectivity index (χ0) is 17.3. The lowest BCUT2D eigenvalue weighted by Crippen LogP contribution is -2.58. The fraction of sp³-hybridized carbons (Fsp3) is 0.389. The lowest BCUT2D eigenvalue weighted by atomic mass is 10.00. The summed E-state index contributed by atoms with van der Waals surface area (Å²) in [5.74, 6) is -0.574. The van der Waals surface area contributed by atoms with Crippen molar-refractivity contribution in [3.63, 3.8) is 0 Å². The summed E-state index contributed by atoms with van der Waals surface area (Å²) in [4.78, 5) is 29.2. The highest BCUT2D eigenvalue weighted by atomic mass is 16.5. The summed E-state index contributed by atoms with van der Waals surface area (Å²) in [6, 6.07) is 9.32. The number of nitrogens with zero attached hydrogens (tertiary/aromatic N) is 1. The van der Waals surface area contributed by atoms with Crippen LogP contribution >= 0.6 is 0 Å². The van der Waals surface area contributed by atoms with Crippen LogP contribution < -0.4 is 11.1 Å². The van der Waals surface area contributed by atoms with Gasteiger partial charge in [0.15, 0.2) is 0 Å². The molecule has 2 amide bonds. The standard InChI is InChI=1S/C18H21N3O3/c1-18(10-24-2,17(19)23)21-16(22)13-9-15(11-7-8-11)20-14-6-4-3-5-12(13)14/h3-6,9,11H,7-8,10H2,1-2H3,(H2,19,23)(H,21,22)/t18-/m1/s1. The fourth-order valence-corrected chi connectivity index (χ4v) is 2.75. The van der Waals surface area contributed by atoms with E-state index in [1.54, 1.807) is 6.92 Å². The molecule has 3 rings (SSSR count). The summed E-state index contributed by atoms with van der Waals surface area (Å²) in [5, 5.41) is 3.48. The predicted molar refractivity (Wildman–Crippen MR) is 90.7 cm³/mol. The van der Waals surface area contributed by atoms with E-state index >= 15 is 0 Å². The van der Waals surface area contributed by atoms with Gasteiger partial charge in [0.1, 0.15) is 5.54 Å². The first kappa shape index (κ1) is 16.4. The molecular formula is C18H21N3O3. The van der Waals surface area contributed by atoms with Gasteiger partial charge in [-0.25, -0.2) is 0 Å². The number of hydrogen-bond acceptors (Lipinski definition) is 4. The van der Waals surface area contributed by atoms with Crippen molar-refractivity contribution < 1.29 is 14.3 Å². The predicted octanol–water partition coefficient (Wildman–Crippen LogP) is 1.73. The average Bonchev–Trinajstić information content (AvgIpc) is 3.38. The molecule has 3 N–H and O–H groups in total. The van der Waals surface area contributed by atoms with E-state index in [1.165, 1.54) is 7.11 Å². The topological polar surface area (TPSA) is 94.3 Å². The lowest BCUT2D eigenvalue weighted by molar-refractivity contribution is -0.125. The van der Waals surface area contributed by atoms with E-state index in [-0.39, 0.29) is 12.5 Å². The first-order chi connectivity index (χ1) is 11.4. The average molecular weight is 327 g/mol. The molecule has 6 nitrogen and oxygen atoms in total. The number of rotatable bonds is 6. The summed E-state index contributed by atoms with van der Waals surface area (Å²) in [7, 11) is 1.46. The molecule has 1 aliphatic rings. The SMILES string of the molecule is COC[C@@](C)(NC(=O)c1cc(C2CC2)nc2ccccc12)C(N)=O. The zero-order valence-corrected chi connectivity index (χ0v) is 13.8. The van der Waals surface area contributed by atoms with Crippen molar-refractivity contribution in [2.45, 2.75) is 31.2 Å². The molecule has 0 saturated heterocycles. The van der Waals surface area contributed by atoms with Crippen LogP contribution in [0.25, 0.3) is 10.9 Å². The number of carbonyl (C=O) groups is 2. The number of fused-ring (bicyclic) bond motifs is 1. The van der Waals surface area contributed by atoms with Crippen LogP contribution in [0, 0.1) is 0 Å². The normalized spacial score (nSPS) is 16.6. The highest BCUT2D eigenvalue weighted by Gasteiger charge is 2.34. The second kappa shape index (κ2) is 6.20. The number of primary amides is 1. The Labute approximate surface area is 140 Å². The quantitative estimate of drug-likeness (QED) is 0.845. The number of carbonyl (C=O) groups excluding carboxylic acids is 2. The molecule has 1 atom stereocenters. The first-order valence-electron chi connectivity index (χ1n) is 7.95. The maximum Gasteiger partial charge on any atom is 0.252 e. The second-order valence-corrected chi connectivity index (χ2v) is 6.47. The molecule has 0 radical (unpaired) electrons. The van der Waals surface area contributed by atoms with E-state index in [0.29, 0.717) is 11.5 Å². The maximum atomic E-state index is 12.8. The van der Waals surface area contributed by atoms with Crippen LogP contribution in [0.1, 0.15) is 41.7 Å². The molecule has 24 heavy (non-hydrogen) atoms. The van der Waals surface area contributed by atoms with Gasteiger partial charge in [-0.2, -0.15) is 0 Å².